The molecular formula is C14H15Cl2NO. The largest absolute Gasteiger partial charge is 0.334 e. The summed E-state index contributed by atoms with van der Waals surface area (Å²) in [6.07, 6.45) is 0. The van der Waals surface area contributed by atoms with Crippen molar-refractivity contribution >= 4 is 29.1 Å². The summed E-state index contributed by atoms with van der Waals surface area (Å²) in [7, 11) is 0. The van der Waals surface area contributed by atoms with Crippen LogP contribution < -0.4 is 0 Å². The molecule has 1 fully saturated rings. The molecule has 0 spiro atoms. The van der Waals surface area contributed by atoms with E-state index in [9.17, 15) is 4.79 Å². The quantitative estimate of drug-likeness (QED) is 0.615. The Labute approximate surface area is 117 Å². The standard InChI is InChI=1S/C14H15Cl2NO/c1-10(16)13-12(7-15)9-17(14(13)18)8-11-5-3-2-4-6-11/h2-6,12H,7-9H2,1H3/b13-10+/t12-/m0/s1. The maximum absolute atomic E-state index is 12.2. The Morgan fingerprint density at radius 3 is 2.56 bits per heavy atom. The van der Waals surface area contributed by atoms with E-state index in [1.807, 2.05) is 35.2 Å². The van der Waals surface area contributed by atoms with Crippen LogP contribution in [0.15, 0.2) is 40.9 Å². The molecule has 1 aromatic carbocycles. The highest BCUT2D eigenvalue weighted by atomic mass is 35.5. The van der Waals surface area contributed by atoms with E-state index in [4.69, 9.17) is 23.2 Å². The molecule has 0 aliphatic carbocycles. The fourth-order valence-corrected chi connectivity index (χ4v) is 2.77. The van der Waals surface area contributed by atoms with Crippen LogP contribution in [0.5, 0.6) is 0 Å². The van der Waals surface area contributed by atoms with Crippen molar-refractivity contribution in [3.8, 4) is 0 Å². The van der Waals surface area contributed by atoms with Crippen LogP contribution in [0.2, 0.25) is 0 Å². The van der Waals surface area contributed by atoms with Crippen molar-refractivity contribution in [2.24, 2.45) is 5.92 Å². The van der Waals surface area contributed by atoms with Crippen molar-refractivity contribution < 1.29 is 4.79 Å². The van der Waals surface area contributed by atoms with Gasteiger partial charge in [0.15, 0.2) is 0 Å². The van der Waals surface area contributed by atoms with Gasteiger partial charge in [-0.15, -0.1) is 11.6 Å². The first-order chi connectivity index (χ1) is 8.63. The number of hydrogen-bond donors (Lipinski definition) is 0. The van der Waals surface area contributed by atoms with E-state index in [-0.39, 0.29) is 11.8 Å². The van der Waals surface area contributed by atoms with E-state index < -0.39 is 0 Å². The zero-order chi connectivity index (χ0) is 13.1. The van der Waals surface area contributed by atoms with Gasteiger partial charge in [-0.1, -0.05) is 41.9 Å². The molecule has 1 atom stereocenters. The molecule has 0 N–H and O–H groups in total. The molecule has 4 heteroatoms. The van der Waals surface area contributed by atoms with Crippen molar-refractivity contribution in [3.63, 3.8) is 0 Å². The molecule has 0 saturated carbocycles. The fraction of sp³-hybridized carbons (Fsp3) is 0.357. The lowest BCUT2D eigenvalue weighted by Gasteiger charge is -2.15. The maximum Gasteiger partial charge on any atom is 0.251 e. The third-order valence-electron chi connectivity index (χ3n) is 3.14. The predicted octanol–water partition coefficient (Wildman–Crippen LogP) is 3.40. The number of halogens is 2. The number of likely N-dealkylation sites (tertiary alicyclic amines) is 1. The third kappa shape index (κ3) is 2.70. The summed E-state index contributed by atoms with van der Waals surface area (Å²) in [6, 6.07) is 9.93. The second-order valence-corrected chi connectivity index (χ2v) is 5.35. The minimum absolute atomic E-state index is 0.0111. The van der Waals surface area contributed by atoms with Crippen LogP contribution in [0.4, 0.5) is 0 Å². The average Bonchev–Trinajstić information content (AvgIpc) is 2.67. The summed E-state index contributed by atoms with van der Waals surface area (Å²) in [6.45, 7) is 3.01. The van der Waals surface area contributed by atoms with Gasteiger partial charge >= 0.3 is 0 Å². The molecule has 96 valence electrons. The number of allylic oxidation sites excluding steroid dienone is 1. The van der Waals surface area contributed by atoms with Gasteiger partial charge < -0.3 is 4.90 Å². The molecular weight excluding hydrogens is 269 g/mol. The summed E-state index contributed by atoms with van der Waals surface area (Å²) >= 11 is 11.9. The van der Waals surface area contributed by atoms with Gasteiger partial charge in [-0.05, 0) is 12.5 Å². The summed E-state index contributed by atoms with van der Waals surface area (Å²) in [4.78, 5) is 14.1. The van der Waals surface area contributed by atoms with Crippen LogP contribution in [0.1, 0.15) is 12.5 Å². The highest BCUT2D eigenvalue weighted by molar-refractivity contribution is 6.32. The minimum Gasteiger partial charge on any atom is -0.334 e. The Bertz CT molecular complexity index is 466. The van der Waals surface area contributed by atoms with Gasteiger partial charge in [0.2, 0.25) is 0 Å². The highest BCUT2D eigenvalue weighted by Gasteiger charge is 2.35. The Kier molecular flexibility index (Phi) is 4.31. The van der Waals surface area contributed by atoms with Gasteiger partial charge in [-0.2, -0.15) is 0 Å². The number of alkyl halides is 1. The Hall–Kier alpha value is -0.990. The van der Waals surface area contributed by atoms with E-state index in [0.717, 1.165) is 5.56 Å². The number of amides is 1. The van der Waals surface area contributed by atoms with Crippen LogP contribution in [-0.2, 0) is 11.3 Å². The molecule has 1 aliphatic rings. The molecule has 0 bridgehead atoms. The van der Waals surface area contributed by atoms with E-state index in [1.54, 1.807) is 6.92 Å². The topological polar surface area (TPSA) is 20.3 Å². The number of rotatable bonds is 3. The normalized spacial score (nSPS) is 22.5. The number of benzene rings is 1. The van der Waals surface area contributed by atoms with Gasteiger partial charge in [0.25, 0.3) is 5.91 Å². The molecule has 0 unspecified atom stereocenters. The number of nitrogens with zero attached hydrogens (tertiary/aromatic N) is 1. The van der Waals surface area contributed by atoms with Crippen LogP contribution >= 0.6 is 23.2 Å². The van der Waals surface area contributed by atoms with E-state index in [2.05, 4.69) is 0 Å². The molecule has 2 nitrogen and oxygen atoms in total. The minimum atomic E-state index is 0.0111. The first-order valence-electron chi connectivity index (χ1n) is 5.89. The van der Waals surface area contributed by atoms with Crippen LogP contribution in [0, 0.1) is 5.92 Å². The Morgan fingerprint density at radius 1 is 1.39 bits per heavy atom. The van der Waals surface area contributed by atoms with Crippen LogP contribution in [0.25, 0.3) is 0 Å². The van der Waals surface area contributed by atoms with Gasteiger partial charge in [-0.25, -0.2) is 0 Å². The van der Waals surface area contributed by atoms with E-state index >= 15 is 0 Å². The van der Waals surface area contributed by atoms with Crippen molar-refractivity contribution in [2.45, 2.75) is 13.5 Å². The molecule has 1 amide bonds. The molecule has 2 rings (SSSR count). The average molecular weight is 284 g/mol. The first kappa shape index (κ1) is 13.4. The summed E-state index contributed by atoms with van der Waals surface area (Å²) in [5.41, 5.74) is 1.79. The molecule has 1 heterocycles. The lowest BCUT2D eigenvalue weighted by molar-refractivity contribution is -0.125. The Balaban J connectivity index is 2.18. The van der Waals surface area contributed by atoms with Gasteiger partial charge in [0.05, 0.1) is 0 Å². The van der Waals surface area contributed by atoms with Gasteiger partial charge in [0.1, 0.15) is 0 Å². The SMILES string of the molecule is C/C(Cl)=C1\C(=O)N(Cc2ccccc2)C[C@@H]1CCl. The molecule has 1 aromatic rings. The zero-order valence-electron chi connectivity index (χ0n) is 10.2. The lowest BCUT2D eigenvalue weighted by Crippen LogP contribution is -2.25. The highest BCUT2D eigenvalue weighted by Crippen LogP contribution is 2.30. The monoisotopic (exact) mass is 283 g/mol. The lowest BCUT2D eigenvalue weighted by atomic mass is 10.1. The van der Waals surface area contributed by atoms with Crippen molar-refractivity contribution in [1.82, 2.24) is 4.90 Å². The summed E-state index contributed by atoms with van der Waals surface area (Å²) < 4.78 is 0. The smallest absolute Gasteiger partial charge is 0.251 e. The number of carbonyl (C=O) groups excluding carboxylic acids is 1. The van der Waals surface area contributed by atoms with Gasteiger partial charge in [0, 0.05) is 35.5 Å². The van der Waals surface area contributed by atoms with E-state index in [1.165, 1.54) is 0 Å². The van der Waals surface area contributed by atoms with E-state index in [0.29, 0.717) is 29.6 Å². The van der Waals surface area contributed by atoms with Crippen molar-refractivity contribution in [1.29, 1.82) is 0 Å². The number of hydrogen-bond acceptors (Lipinski definition) is 1. The van der Waals surface area contributed by atoms with Crippen LogP contribution in [-0.4, -0.2) is 23.2 Å². The predicted molar refractivity (Wildman–Crippen MR) is 74.6 cm³/mol. The van der Waals surface area contributed by atoms with Crippen LogP contribution in [0.3, 0.4) is 0 Å². The second-order valence-electron chi connectivity index (χ2n) is 4.47. The van der Waals surface area contributed by atoms with Crippen molar-refractivity contribution in [2.75, 3.05) is 12.4 Å². The molecule has 0 radical (unpaired) electrons. The molecule has 0 aromatic heterocycles. The number of carbonyl (C=O) groups is 1. The molecule has 18 heavy (non-hydrogen) atoms. The maximum atomic E-state index is 12.2. The second kappa shape index (κ2) is 5.77. The first-order valence-corrected chi connectivity index (χ1v) is 6.80. The van der Waals surface area contributed by atoms with Crippen molar-refractivity contribution in [3.05, 3.63) is 46.5 Å². The summed E-state index contributed by atoms with van der Waals surface area (Å²) in [5.74, 6) is 0.480. The molecule has 1 aliphatic heterocycles. The fourth-order valence-electron chi connectivity index (χ4n) is 2.28. The molecule has 1 saturated heterocycles. The summed E-state index contributed by atoms with van der Waals surface area (Å²) in [5, 5.41) is 0.557. The van der Waals surface area contributed by atoms with Gasteiger partial charge in [-0.3, -0.25) is 4.79 Å². The Morgan fingerprint density at radius 2 is 2.06 bits per heavy atom. The zero-order valence-corrected chi connectivity index (χ0v) is 11.7. The third-order valence-corrected chi connectivity index (χ3v) is 3.72.